The molecule has 5 heteroatoms. The van der Waals surface area contributed by atoms with E-state index in [0.29, 0.717) is 5.82 Å². The smallest absolute Gasteiger partial charge is 0.149 e. The van der Waals surface area contributed by atoms with E-state index in [2.05, 4.69) is 47.7 Å². The van der Waals surface area contributed by atoms with Crippen LogP contribution in [0.3, 0.4) is 0 Å². The van der Waals surface area contributed by atoms with Crippen molar-refractivity contribution in [2.75, 3.05) is 38.5 Å². The van der Waals surface area contributed by atoms with Crippen molar-refractivity contribution in [1.82, 2.24) is 14.8 Å². The van der Waals surface area contributed by atoms with E-state index in [9.17, 15) is 0 Å². The molecule has 0 amide bonds. The van der Waals surface area contributed by atoms with E-state index in [-0.39, 0.29) is 6.23 Å². The average Bonchev–Trinajstić information content (AvgIpc) is 3.18. The van der Waals surface area contributed by atoms with Crippen molar-refractivity contribution in [2.45, 2.75) is 46.3 Å². The van der Waals surface area contributed by atoms with Gasteiger partial charge in [-0.05, 0) is 67.5 Å². The van der Waals surface area contributed by atoms with Gasteiger partial charge in [0.15, 0.2) is 0 Å². The molecule has 2 aromatic rings. The Balaban J connectivity index is 1.47. The number of hydrogen-bond acceptors (Lipinski definition) is 5. The SMILES string of the molecule is CC(C)CN1CCN(C(C)Oc2ccc(-c3cccc(N)n3)c3c2CCC3)CC1. The van der Waals surface area contributed by atoms with Crippen LogP contribution in [0, 0.1) is 5.92 Å². The molecule has 2 aliphatic rings. The van der Waals surface area contributed by atoms with Gasteiger partial charge in [0.25, 0.3) is 0 Å². The number of fused-ring (bicyclic) bond motifs is 1. The second-order valence-electron chi connectivity index (χ2n) is 8.82. The summed E-state index contributed by atoms with van der Waals surface area (Å²) in [5.74, 6) is 2.34. The second-order valence-corrected chi connectivity index (χ2v) is 8.82. The van der Waals surface area contributed by atoms with E-state index in [1.165, 1.54) is 29.7 Å². The molecule has 1 aliphatic heterocycles. The summed E-state index contributed by atoms with van der Waals surface area (Å²) >= 11 is 0. The van der Waals surface area contributed by atoms with Crippen molar-refractivity contribution in [3.05, 3.63) is 41.5 Å². The maximum atomic E-state index is 6.49. The third-order valence-corrected chi connectivity index (χ3v) is 6.13. The van der Waals surface area contributed by atoms with Crippen LogP contribution in [-0.2, 0) is 12.8 Å². The van der Waals surface area contributed by atoms with Crippen molar-refractivity contribution in [3.63, 3.8) is 0 Å². The number of nitrogens with two attached hydrogens (primary N) is 1. The number of benzene rings is 1. The monoisotopic (exact) mass is 394 g/mol. The first-order valence-electron chi connectivity index (χ1n) is 11.0. The number of rotatable bonds is 6. The largest absolute Gasteiger partial charge is 0.475 e. The Bertz CT molecular complexity index is 843. The Morgan fingerprint density at radius 1 is 1.00 bits per heavy atom. The molecule has 0 saturated carbocycles. The van der Waals surface area contributed by atoms with Crippen molar-refractivity contribution < 1.29 is 4.74 Å². The Hall–Kier alpha value is -2.11. The molecular formula is C24H34N4O. The van der Waals surface area contributed by atoms with E-state index >= 15 is 0 Å². The number of hydrogen-bond donors (Lipinski definition) is 1. The number of nitrogen functional groups attached to an aromatic ring is 1. The highest BCUT2D eigenvalue weighted by molar-refractivity contribution is 5.69. The van der Waals surface area contributed by atoms with Crippen molar-refractivity contribution in [3.8, 4) is 17.0 Å². The number of pyridine rings is 1. The predicted molar refractivity (Wildman–Crippen MR) is 119 cm³/mol. The molecule has 5 nitrogen and oxygen atoms in total. The first-order chi connectivity index (χ1) is 14.0. The first-order valence-corrected chi connectivity index (χ1v) is 11.0. The van der Waals surface area contributed by atoms with Crippen molar-refractivity contribution in [1.29, 1.82) is 0 Å². The Kier molecular flexibility index (Phi) is 6.07. The van der Waals surface area contributed by atoms with Crippen LogP contribution in [-0.4, -0.2) is 53.7 Å². The zero-order valence-electron chi connectivity index (χ0n) is 18.0. The number of nitrogens with zero attached hydrogens (tertiary/aromatic N) is 3. The zero-order valence-corrected chi connectivity index (χ0v) is 18.0. The zero-order chi connectivity index (χ0) is 20.4. The summed E-state index contributed by atoms with van der Waals surface area (Å²) in [5.41, 5.74) is 10.8. The molecule has 1 saturated heterocycles. The van der Waals surface area contributed by atoms with E-state index in [0.717, 1.165) is 56.4 Å². The van der Waals surface area contributed by atoms with Gasteiger partial charge in [-0.15, -0.1) is 0 Å². The molecule has 2 N–H and O–H groups in total. The molecule has 1 unspecified atom stereocenters. The van der Waals surface area contributed by atoms with Crippen LogP contribution in [0.1, 0.15) is 38.3 Å². The molecule has 1 aromatic carbocycles. The number of anilines is 1. The molecule has 1 fully saturated rings. The van der Waals surface area contributed by atoms with Gasteiger partial charge in [-0.3, -0.25) is 4.90 Å². The minimum Gasteiger partial charge on any atom is -0.475 e. The quantitative estimate of drug-likeness (QED) is 0.807. The third kappa shape index (κ3) is 4.57. The van der Waals surface area contributed by atoms with Crippen molar-refractivity contribution >= 4 is 5.82 Å². The lowest BCUT2D eigenvalue weighted by atomic mass is 9.99. The standard InChI is InChI=1S/C24H34N4O/c1-17(2)16-27-12-14-28(15-13-27)18(3)29-23-11-10-20(19-6-4-7-21(19)23)22-8-5-9-24(25)26-22/h5,8-11,17-18H,4,6-7,12-16H2,1-3H3,(H2,25,26). The molecule has 29 heavy (non-hydrogen) atoms. The summed E-state index contributed by atoms with van der Waals surface area (Å²) in [5, 5.41) is 0. The van der Waals surface area contributed by atoms with Gasteiger partial charge in [0.1, 0.15) is 17.8 Å². The Morgan fingerprint density at radius 2 is 1.76 bits per heavy atom. The maximum absolute atomic E-state index is 6.49. The summed E-state index contributed by atoms with van der Waals surface area (Å²) in [6.45, 7) is 12.4. The lowest BCUT2D eigenvalue weighted by Crippen LogP contribution is -2.51. The van der Waals surface area contributed by atoms with Crippen LogP contribution in [0.2, 0.25) is 0 Å². The van der Waals surface area contributed by atoms with Crippen LogP contribution in [0.5, 0.6) is 5.75 Å². The molecule has 156 valence electrons. The first kappa shape index (κ1) is 20.2. The van der Waals surface area contributed by atoms with Gasteiger partial charge in [0.2, 0.25) is 0 Å². The molecule has 1 atom stereocenters. The fraction of sp³-hybridized carbons (Fsp3) is 0.542. The number of aromatic nitrogens is 1. The van der Waals surface area contributed by atoms with Gasteiger partial charge in [0.05, 0.1) is 5.69 Å². The molecule has 0 spiro atoms. The minimum absolute atomic E-state index is 0.0947. The van der Waals surface area contributed by atoms with Gasteiger partial charge in [0, 0.05) is 38.3 Å². The summed E-state index contributed by atoms with van der Waals surface area (Å²) in [6, 6.07) is 10.2. The van der Waals surface area contributed by atoms with Crippen LogP contribution in [0.4, 0.5) is 5.82 Å². The van der Waals surface area contributed by atoms with Crippen LogP contribution >= 0.6 is 0 Å². The lowest BCUT2D eigenvalue weighted by Gasteiger charge is -2.38. The van der Waals surface area contributed by atoms with Gasteiger partial charge in [-0.2, -0.15) is 0 Å². The average molecular weight is 395 g/mol. The van der Waals surface area contributed by atoms with E-state index in [4.69, 9.17) is 10.5 Å². The van der Waals surface area contributed by atoms with Gasteiger partial charge >= 0.3 is 0 Å². The summed E-state index contributed by atoms with van der Waals surface area (Å²) < 4.78 is 6.49. The van der Waals surface area contributed by atoms with Gasteiger partial charge in [-0.1, -0.05) is 19.9 Å². The molecule has 1 aliphatic carbocycles. The maximum Gasteiger partial charge on any atom is 0.149 e. The highest BCUT2D eigenvalue weighted by Crippen LogP contribution is 2.38. The molecule has 2 heterocycles. The van der Waals surface area contributed by atoms with Crippen molar-refractivity contribution in [2.24, 2.45) is 5.92 Å². The summed E-state index contributed by atoms with van der Waals surface area (Å²) in [4.78, 5) is 9.57. The van der Waals surface area contributed by atoms with E-state index in [1.54, 1.807) is 0 Å². The highest BCUT2D eigenvalue weighted by Gasteiger charge is 2.25. The molecule has 0 bridgehead atoms. The molecule has 1 aromatic heterocycles. The number of piperazine rings is 1. The summed E-state index contributed by atoms with van der Waals surface area (Å²) in [6.07, 6.45) is 3.43. The molecular weight excluding hydrogens is 360 g/mol. The van der Waals surface area contributed by atoms with Gasteiger partial charge in [-0.25, -0.2) is 4.98 Å². The third-order valence-electron chi connectivity index (χ3n) is 6.13. The molecule has 0 radical (unpaired) electrons. The number of ether oxygens (including phenoxy) is 1. The topological polar surface area (TPSA) is 54.6 Å². The van der Waals surface area contributed by atoms with Crippen LogP contribution in [0.15, 0.2) is 30.3 Å². The van der Waals surface area contributed by atoms with E-state index in [1.807, 2.05) is 18.2 Å². The Morgan fingerprint density at radius 3 is 2.48 bits per heavy atom. The van der Waals surface area contributed by atoms with Crippen LogP contribution in [0.25, 0.3) is 11.3 Å². The fourth-order valence-corrected chi connectivity index (χ4v) is 4.71. The lowest BCUT2D eigenvalue weighted by molar-refractivity contribution is 0.00120. The predicted octanol–water partition coefficient (Wildman–Crippen LogP) is 3.82. The molecule has 4 rings (SSSR count). The van der Waals surface area contributed by atoms with Gasteiger partial charge < -0.3 is 15.4 Å². The minimum atomic E-state index is 0.0947. The Labute approximate surface area is 174 Å². The second kappa shape index (κ2) is 8.72. The normalized spacial score (nSPS) is 18.8. The fourth-order valence-electron chi connectivity index (χ4n) is 4.71. The summed E-state index contributed by atoms with van der Waals surface area (Å²) in [7, 11) is 0. The van der Waals surface area contributed by atoms with Crippen LogP contribution < -0.4 is 10.5 Å². The van der Waals surface area contributed by atoms with E-state index < -0.39 is 0 Å². The highest BCUT2D eigenvalue weighted by atomic mass is 16.5.